The van der Waals surface area contributed by atoms with E-state index >= 15 is 0 Å². The molecular formula is C7H11NO4. The van der Waals surface area contributed by atoms with Crippen LogP contribution in [0, 0.1) is 10.1 Å². The van der Waals surface area contributed by atoms with E-state index in [0.29, 0.717) is 0 Å². The Labute approximate surface area is 70.2 Å². The molecule has 0 bridgehead atoms. The predicted molar refractivity (Wildman–Crippen MR) is 42.0 cm³/mol. The van der Waals surface area contributed by atoms with Gasteiger partial charge in [-0.2, -0.15) is 0 Å². The Morgan fingerprint density at radius 1 is 1.58 bits per heavy atom. The van der Waals surface area contributed by atoms with E-state index in [4.69, 9.17) is 0 Å². The summed E-state index contributed by atoms with van der Waals surface area (Å²) in [5, 5.41) is 10.2. The van der Waals surface area contributed by atoms with Crippen LogP contribution >= 0.6 is 0 Å². The van der Waals surface area contributed by atoms with Crippen LogP contribution in [-0.2, 0) is 9.53 Å². The van der Waals surface area contributed by atoms with E-state index in [0.717, 1.165) is 6.08 Å². The lowest BCUT2D eigenvalue weighted by atomic mass is 10.3. The van der Waals surface area contributed by atoms with Crippen molar-refractivity contribution in [2.24, 2.45) is 0 Å². The molecule has 0 saturated carbocycles. The molecule has 0 heterocycles. The van der Waals surface area contributed by atoms with Crippen molar-refractivity contribution in [2.75, 3.05) is 6.61 Å². The second-order valence-corrected chi connectivity index (χ2v) is 2.00. The van der Waals surface area contributed by atoms with E-state index in [1.54, 1.807) is 13.8 Å². The van der Waals surface area contributed by atoms with Gasteiger partial charge in [0.25, 0.3) is 5.70 Å². The van der Waals surface area contributed by atoms with Gasteiger partial charge in [-0.25, -0.2) is 4.79 Å². The monoisotopic (exact) mass is 173 g/mol. The van der Waals surface area contributed by atoms with Gasteiger partial charge < -0.3 is 4.74 Å². The van der Waals surface area contributed by atoms with Gasteiger partial charge in [0, 0.05) is 6.42 Å². The minimum atomic E-state index is -0.661. The molecule has 5 nitrogen and oxygen atoms in total. The van der Waals surface area contributed by atoms with Gasteiger partial charge in [-0.3, -0.25) is 10.1 Å². The molecule has 0 spiro atoms. The van der Waals surface area contributed by atoms with Crippen molar-refractivity contribution in [3.63, 3.8) is 0 Å². The van der Waals surface area contributed by atoms with Crippen LogP contribution in [0.2, 0.25) is 0 Å². The fourth-order valence-corrected chi connectivity index (χ4v) is 0.604. The lowest BCUT2D eigenvalue weighted by Gasteiger charge is -1.95. The van der Waals surface area contributed by atoms with E-state index in [1.807, 2.05) is 0 Å². The summed E-state index contributed by atoms with van der Waals surface area (Å²) in [6.07, 6.45) is 1.12. The molecule has 0 aliphatic heterocycles. The molecule has 0 aliphatic rings. The van der Waals surface area contributed by atoms with Gasteiger partial charge in [0.1, 0.15) is 0 Å². The van der Waals surface area contributed by atoms with Crippen molar-refractivity contribution in [3.05, 3.63) is 21.9 Å². The lowest BCUT2D eigenvalue weighted by molar-refractivity contribution is -0.427. The van der Waals surface area contributed by atoms with Crippen LogP contribution < -0.4 is 0 Å². The van der Waals surface area contributed by atoms with Crippen molar-refractivity contribution >= 4 is 5.97 Å². The first-order valence-corrected chi connectivity index (χ1v) is 3.63. The zero-order valence-corrected chi connectivity index (χ0v) is 7.07. The second-order valence-electron chi connectivity index (χ2n) is 2.00. The highest BCUT2D eigenvalue weighted by atomic mass is 16.6. The molecule has 0 aromatic carbocycles. The quantitative estimate of drug-likeness (QED) is 0.276. The highest BCUT2D eigenvalue weighted by Gasteiger charge is 2.10. The van der Waals surface area contributed by atoms with Crippen LogP contribution in [0.1, 0.15) is 20.3 Å². The van der Waals surface area contributed by atoms with Gasteiger partial charge >= 0.3 is 5.97 Å². The molecule has 0 N–H and O–H groups in total. The van der Waals surface area contributed by atoms with Gasteiger partial charge in [-0.15, -0.1) is 0 Å². The second kappa shape index (κ2) is 5.29. The Morgan fingerprint density at radius 2 is 2.17 bits per heavy atom. The summed E-state index contributed by atoms with van der Waals surface area (Å²) in [6.45, 7) is 3.47. The number of carbonyl (C=O) groups is 1. The van der Waals surface area contributed by atoms with E-state index in [-0.39, 0.29) is 18.7 Å². The summed E-state index contributed by atoms with van der Waals surface area (Å²) in [5.41, 5.74) is -0.131. The average Bonchev–Trinajstić information content (AvgIpc) is 2.00. The number of hydrogen-bond donors (Lipinski definition) is 0. The van der Waals surface area contributed by atoms with Gasteiger partial charge in [0.15, 0.2) is 0 Å². The van der Waals surface area contributed by atoms with Crippen LogP contribution in [0.5, 0.6) is 0 Å². The Bertz CT molecular complexity index is 209. The van der Waals surface area contributed by atoms with Gasteiger partial charge in [0.2, 0.25) is 0 Å². The van der Waals surface area contributed by atoms with Gasteiger partial charge in [0.05, 0.1) is 17.6 Å². The zero-order valence-electron chi connectivity index (χ0n) is 7.07. The fraction of sp³-hybridized carbons (Fsp3) is 0.571. The molecule has 0 aliphatic carbocycles. The van der Waals surface area contributed by atoms with E-state index < -0.39 is 10.9 Å². The van der Waals surface area contributed by atoms with Crippen molar-refractivity contribution in [1.82, 2.24) is 0 Å². The number of rotatable bonds is 4. The number of hydrogen-bond acceptors (Lipinski definition) is 4. The highest BCUT2D eigenvalue weighted by Crippen LogP contribution is 2.01. The normalized spacial score (nSPS) is 11.0. The number of carbonyl (C=O) groups excluding carboxylic acids is 1. The van der Waals surface area contributed by atoms with Crippen LogP contribution in [0.25, 0.3) is 0 Å². The number of nitro groups is 1. The minimum Gasteiger partial charge on any atom is -0.463 e. The maximum Gasteiger partial charge on any atom is 0.337 e. The van der Waals surface area contributed by atoms with Crippen LogP contribution in [-0.4, -0.2) is 17.5 Å². The molecule has 0 fully saturated rings. The first kappa shape index (κ1) is 10.6. The predicted octanol–water partition coefficient (Wildman–Crippen LogP) is 1.12. The molecule has 0 amide bonds. The molecule has 0 aromatic heterocycles. The Hall–Kier alpha value is -1.39. The SMILES string of the molecule is CCOC(=O)/C=C(\CC)[N+](=O)[O-]. The molecule has 0 radical (unpaired) electrons. The number of nitrogens with zero attached hydrogens (tertiary/aromatic N) is 1. The molecule has 0 unspecified atom stereocenters. The summed E-state index contributed by atoms with van der Waals surface area (Å²) in [4.78, 5) is 20.3. The third-order valence-electron chi connectivity index (χ3n) is 1.17. The minimum absolute atomic E-state index is 0.131. The smallest absolute Gasteiger partial charge is 0.337 e. The van der Waals surface area contributed by atoms with Gasteiger partial charge in [-0.1, -0.05) is 6.92 Å². The van der Waals surface area contributed by atoms with Crippen molar-refractivity contribution in [3.8, 4) is 0 Å². The maximum atomic E-state index is 10.7. The summed E-state index contributed by atoms with van der Waals surface area (Å²) >= 11 is 0. The van der Waals surface area contributed by atoms with Crippen molar-refractivity contribution in [2.45, 2.75) is 20.3 Å². The molecular weight excluding hydrogens is 162 g/mol. The van der Waals surface area contributed by atoms with Crippen LogP contribution in [0.3, 0.4) is 0 Å². The average molecular weight is 173 g/mol. The fourth-order valence-electron chi connectivity index (χ4n) is 0.604. The standard InChI is InChI=1S/C7H11NO4/c1-3-6(8(10)11)5-7(9)12-4-2/h5H,3-4H2,1-2H3/b6-5+. The molecule has 0 aromatic rings. The largest absolute Gasteiger partial charge is 0.463 e. The Balaban J connectivity index is 4.28. The van der Waals surface area contributed by atoms with Crippen LogP contribution in [0.15, 0.2) is 11.8 Å². The molecule has 0 rings (SSSR count). The summed E-state index contributed by atoms with van der Waals surface area (Å²) in [7, 11) is 0. The third-order valence-corrected chi connectivity index (χ3v) is 1.17. The molecule has 0 saturated heterocycles. The van der Waals surface area contributed by atoms with E-state index in [1.165, 1.54) is 0 Å². The molecule has 68 valence electrons. The number of esters is 1. The Kier molecular flexibility index (Phi) is 4.67. The third kappa shape index (κ3) is 3.70. The Morgan fingerprint density at radius 3 is 2.50 bits per heavy atom. The van der Waals surface area contributed by atoms with Crippen LogP contribution in [0.4, 0.5) is 0 Å². The van der Waals surface area contributed by atoms with E-state index in [2.05, 4.69) is 4.74 Å². The maximum absolute atomic E-state index is 10.7. The van der Waals surface area contributed by atoms with Crippen molar-refractivity contribution < 1.29 is 14.5 Å². The summed E-state index contributed by atoms with van der Waals surface area (Å²) < 4.78 is 4.50. The first-order valence-electron chi connectivity index (χ1n) is 3.63. The summed E-state index contributed by atoms with van der Waals surface area (Å²) in [5.74, 6) is -0.661. The lowest BCUT2D eigenvalue weighted by Crippen LogP contribution is -2.05. The number of allylic oxidation sites excluding steroid dienone is 1. The molecule has 12 heavy (non-hydrogen) atoms. The first-order chi connectivity index (χ1) is 5.61. The zero-order chi connectivity index (χ0) is 9.56. The van der Waals surface area contributed by atoms with E-state index in [9.17, 15) is 14.9 Å². The molecule has 0 atom stereocenters. The highest BCUT2D eigenvalue weighted by molar-refractivity contribution is 5.82. The number of ether oxygens (including phenoxy) is 1. The molecule has 5 heteroatoms. The van der Waals surface area contributed by atoms with Gasteiger partial charge in [-0.05, 0) is 6.92 Å². The topological polar surface area (TPSA) is 69.4 Å². The summed E-state index contributed by atoms with van der Waals surface area (Å²) in [6, 6.07) is 0. The van der Waals surface area contributed by atoms with Crippen molar-refractivity contribution in [1.29, 1.82) is 0 Å².